The summed E-state index contributed by atoms with van der Waals surface area (Å²) < 4.78 is 0. The third-order valence-corrected chi connectivity index (χ3v) is 16.1. The van der Waals surface area contributed by atoms with Crippen molar-refractivity contribution < 1.29 is 53.4 Å². The number of aromatic amines is 1. The SMILES string of the molecule is CCCCCCCCCCCCCCCC(=O)N[C@@H](CS)C(=O)N[C@@H](CCCN=C(N)N)C(=O)N[C@H](C(=O)N[C@@H](Cc1ccc(O)cc1)C(=O)N[C@H](C(=O)N[C@@H](Cc1cnc[nH]1)C(=O)N1CCC[C@H]1C(=O)N[C@@H](Cc1ccccc1)C(=O)O)C(C)C)C(C)C. The minimum Gasteiger partial charge on any atom is -0.508 e. The number of carbonyl (C=O) groups excluding carboxylic acids is 8. The summed E-state index contributed by atoms with van der Waals surface area (Å²) in [5.41, 5.74) is 12.8. The Bertz CT molecular complexity index is 2710. The van der Waals surface area contributed by atoms with Crippen molar-refractivity contribution in [2.75, 3.05) is 18.8 Å². The Morgan fingerprint density at radius 3 is 1.70 bits per heavy atom. The van der Waals surface area contributed by atoms with Crippen LogP contribution in [0.25, 0.3) is 0 Å². The number of nitrogens with two attached hydrogens (primary N) is 2. The zero-order valence-electron chi connectivity index (χ0n) is 52.6. The fraction of sp³-hybridized carbons (Fsp3) is 0.609. The topological polar surface area (TPSA) is 375 Å². The largest absolute Gasteiger partial charge is 0.508 e. The van der Waals surface area contributed by atoms with E-state index in [1.165, 1.54) is 87.3 Å². The Kier molecular flexibility index (Phi) is 33.2. The zero-order chi connectivity index (χ0) is 65.3. The summed E-state index contributed by atoms with van der Waals surface area (Å²) in [6.07, 6.45) is 18.7. The van der Waals surface area contributed by atoms with E-state index in [0.717, 1.165) is 19.3 Å². The number of nitrogens with one attached hydrogen (secondary N) is 8. The van der Waals surface area contributed by atoms with Crippen molar-refractivity contribution in [1.29, 1.82) is 0 Å². The number of amides is 8. The van der Waals surface area contributed by atoms with E-state index in [2.05, 4.69) is 71.7 Å². The van der Waals surface area contributed by atoms with Crippen LogP contribution in [0, 0.1) is 11.8 Å². The van der Waals surface area contributed by atoms with Crippen molar-refractivity contribution in [3.05, 3.63) is 83.9 Å². The van der Waals surface area contributed by atoms with Crippen molar-refractivity contribution >= 4 is 71.8 Å². The van der Waals surface area contributed by atoms with Gasteiger partial charge in [0.15, 0.2) is 5.96 Å². The summed E-state index contributed by atoms with van der Waals surface area (Å²) in [5, 5.41) is 39.3. The molecule has 1 aliphatic rings. The van der Waals surface area contributed by atoms with Crippen molar-refractivity contribution in [3.8, 4) is 5.75 Å². The number of guanidine groups is 1. The summed E-state index contributed by atoms with van der Waals surface area (Å²) in [4.78, 5) is 138. The van der Waals surface area contributed by atoms with Gasteiger partial charge in [0.1, 0.15) is 54.1 Å². The maximum Gasteiger partial charge on any atom is 0.326 e. The highest BCUT2D eigenvalue weighted by Crippen LogP contribution is 2.22. The number of carboxylic acid groups (broad SMARTS) is 1. The molecular weight excluding hydrogens is 1160 g/mol. The Hall–Kier alpha value is -7.70. The van der Waals surface area contributed by atoms with Crippen LogP contribution in [0.3, 0.4) is 0 Å². The van der Waals surface area contributed by atoms with Crippen LogP contribution in [0.1, 0.15) is 167 Å². The lowest BCUT2D eigenvalue weighted by Gasteiger charge is -2.31. The lowest BCUT2D eigenvalue weighted by Crippen LogP contribution is -2.62. The molecule has 0 spiro atoms. The summed E-state index contributed by atoms with van der Waals surface area (Å²) >= 11 is 4.35. The van der Waals surface area contributed by atoms with Gasteiger partial charge in [-0.1, -0.05) is 154 Å². The van der Waals surface area contributed by atoms with E-state index in [-0.39, 0.29) is 81.4 Å². The van der Waals surface area contributed by atoms with Crippen molar-refractivity contribution in [1.82, 2.24) is 52.1 Å². The van der Waals surface area contributed by atoms with Gasteiger partial charge in [0.2, 0.25) is 47.3 Å². The van der Waals surface area contributed by atoms with Crippen LogP contribution in [0.5, 0.6) is 5.75 Å². The van der Waals surface area contributed by atoms with Gasteiger partial charge in [-0.05, 0) is 67.2 Å². The predicted octanol–water partition coefficient (Wildman–Crippen LogP) is 4.39. The van der Waals surface area contributed by atoms with Gasteiger partial charge in [-0.15, -0.1) is 0 Å². The van der Waals surface area contributed by atoms with Gasteiger partial charge in [0.05, 0.1) is 6.33 Å². The first-order valence-corrected chi connectivity index (χ1v) is 32.4. The Morgan fingerprint density at radius 2 is 1.16 bits per heavy atom. The lowest BCUT2D eigenvalue weighted by atomic mass is 9.98. The number of rotatable bonds is 42. The van der Waals surface area contributed by atoms with Crippen LogP contribution in [-0.4, -0.2) is 151 Å². The number of carboxylic acids is 1. The summed E-state index contributed by atoms with van der Waals surface area (Å²) in [6, 6.07) is 4.68. The number of aromatic nitrogens is 2. The van der Waals surface area contributed by atoms with Gasteiger partial charge in [0.25, 0.3) is 0 Å². The number of aliphatic carboxylic acids is 1. The molecule has 0 saturated carbocycles. The molecule has 8 amide bonds. The van der Waals surface area contributed by atoms with Crippen LogP contribution < -0.4 is 48.7 Å². The minimum atomic E-state index is -1.41. The quantitative estimate of drug-likeness (QED) is 0.0162. The second-order valence-electron chi connectivity index (χ2n) is 23.8. The highest BCUT2D eigenvalue weighted by Gasteiger charge is 2.41. The summed E-state index contributed by atoms with van der Waals surface area (Å²) in [7, 11) is 0. The number of aromatic hydroxyl groups is 1. The first-order chi connectivity index (χ1) is 42.6. The second-order valence-corrected chi connectivity index (χ2v) is 24.2. The van der Waals surface area contributed by atoms with Gasteiger partial charge in [-0.25, -0.2) is 9.78 Å². The molecule has 8 atom stereocenters. The number of unbranched alkanes of at least 4 members (excludes halogenated alkanes) is 12. The molecule has 1 fully saturated rings. The van der Waals surface area contributed by atoms with E-state index < -0.39 is 107 Å². The van der Waals surface area contributed by atoms with E-state index in [4.69, 9.17) is 11.5 Å². The number of imidazole rings is 1. The van der Waals surface area contributed by atoms with Crippen LogP contribution in [0.2, 0.25) is 0 Å². The number of thiol groups is 1. The minimum absolute atomic E-state index is 0.00368. The number of phenolic OH excluding ortho intramolecular Hbond substituents is 1. The standard InChI is InChI=1S/C64H99N13O11S/c1-6-7-8-9-10-11-12-13-14-15-16-17-21-28-53(79)70-51(39-89)58(82)71-47(26-22-33-68-64(65)66)56(80)75-54(41(2)3)60(84)72-48(35-44-29-31-46(78)32-30-44)57(81)76-55(42(4)5)61(85)73-49(37-45-38-67-40-69-45)62(86)77-34-23-27-52(77)59(83)74-50(63(87)88)36-43-24-19-18-20-25-43/h18-20,24-25,29-32,38,40-42,47-52,54-55,78,89H,6-17,21-23,26-28,33-37,39H2,1-5H3,(H,67,69)(H,70,79)(H,71,82)(H,72,84)(H,73,85)(H,74,83)(H,75,80)(H,76,81)(H,87,88)(H4,65,66,68)/t47-,48-,49-,50-,51-,52-,54-,55-/m0/s1. The number of aliphatic imine (C=N–C) groups is 1. The molecule has 2 aromatic carbocycles. The Balaban J connectivity index is 1.47. The first-order valence-electron chi connectivity index (χ1n) is 31.7. The van der Waals surface area contributed by atoms with Crippen molar-refractivity contribution in [2.45, 2.75) is 218 Å². The van der Waals surface area contributed by atoms with E-state index in [9.17, 15) is 53.4 Å². The predicted molar refractivity (Wildman–Crippen MR) is 344 cm³/mol. The third-order valence-electron chi connectivity index (χ3n) is 15.8. The molecule has 0 aliphatic carbocycles. The molecule has 89 heavy (non-hydrogen) atoms. The second kappa shape index (κ2) is 40.0. The normalized spacial score (nSPS) is 15.3. The third kappa shape index (κ3) is 26.9. The van der Waals surface area contributed by atoms with Crippen molar-refractivity contribution in [2.24, 2.45) is 28.3 Å². The highest BCUT2D eigenvalue weighted by atomic mass is 32.1. The molecular formula is C64H99N13O11S. The number of nitrogens with zero attached hydrogens (tertiary/aromatic N) is 3. The molecule has 1 aromatic heterocycles. The maximum atomic E-state index is 14.7. The monoisotopic (exact) mass is 1260 g/mol. The molecule has 1 aliphatic heterocycles. The molecule has 0 radical (unpaired) electrons. The Labute approximate surface area is 529 Å². The number of benzene rings is 2. The molecule has 0 unspecified atom stereocenters. The number of phenols is 1. The number of hydrogen-bond donors (Lipinski definition) is 13. The van der Waals surface area contributed by atoms with Gasteiger partial charge < -0.3 is 68.8 Å². The van der Waals surface area contributed by atoms with Crippen LogP contribution in [0.4, 0.5) is 0 Å². The highest BCUT2D eigenvalue weighted by molar-refractivity contribution is 7.80. The molecule has 24 nitrogen and oxygen atoms in total. The summed E-state index contributed by atoms with van der Waals surface area (Å²) in [6.45, 7) is 9.15. The number of hydrogen-bond acceptors (Lipinski definition) is 13. The first kappa shape index (κ1) is 73.8. The number of carbonyl (C=O) groups is 9. The molecule has 3 aromatic rings. The molecule has 492 valence electrons. The average molecular weight is 1260 g/mol. The van der Waals surface area contributed by atoms with Crippen molar-refractivity contribution in [3.63, 3.8) is 0 Å². The zero-order valence-corrected chi connectivity index (χ0v) is 53.5. The number of H-pyrrole nitrogens is 1. The molecule has 2 heterocycles. The molecule has 1 saturated heterocycles. The lowest BCUT2D eigenvalue weighted by molar-refractivity contribution is -0.145. The molecule has 14 N–H and O–H groups in total. The smallest absolute Gasteiger partial charge is 0.326 e. The van der Waals surface area contributed by atoms with Gasteiger partial charge in [-0.2, -0.15) is 12.6 Å². The fourth-order valence-electron chi connectivity index (χ4n) is 10.6. The van der Waals surface area contributed by atoms with E-state index in [1.54, 1.807) is 70.2 Å². The van der Waals surface area contributed by atoms with E-state index in [0.29, 0.717) is 29.7 Å². The van der Waals surface area contributed by atoms with E-state index >= 15 is 0 Å². The van der Waals surface area contributed by atoms with Gasteiger partial charge in [0, 0.05) is 56.4 Å². The summed E-state index contributed by atoms with van der Waals surface area (Å²) in [5.74, 6) is -8.20. The van der Waals surface area contributed by atoms with Crippen LogP contribution >= 0.6 is 12.6 Å². The fourth-order valence-corrected chi connectivity index (χ4v) is 10.9. The molecule has 0 bridgehead atoms. The van der Waals surface area contributed by atoms with Crippen LogP contribution in [0.15, 0.2) is 72.1 Å². The number of likely N-dealkylation sites (tertiary alicyclic amines) is 1. The molecule has 4 rings (SSSR count). The van der Waals surface area contributed by atoms with Crippen LogP contribution in [-0.2, 0) is 62.4 Å². The van der Waals surface area contributed by atoms with Gasteiger partial charge >= 0.3 is 5.97 Å². The Morgan fingerprint density at radius 1 is 0.629 bits per heavy atom. The van der Waals surface area contributed by atoms with Gasteiger partial charge in [-0.3, -0.25) is 43.3 Å². The molecule has 25 heteroatoms. The van der Waals surface area contributed by atoms with E-state index in [1.807, 2.05) is 0 Å². The average Bonchev–Trinajstić information content (AvgIpc) is 3.62. The maximum absolute atomic E-state index is 14.7.